The lowest BCUT2D eigenvalue weighted by atomic mass is 10.0. The van der Waals surface area contributed by atoms with Crippen molar-refractivity contribution in [3.8, 4) is 23.0 Å². The summed E-state index contributed by atoms with van der Waals surface area (Å²) in [6.07, 6.45) is -1.54. The van der Waals surface area contributed by atoms with E-state index in [4.69, 9.17) is 24.3 Å². The van der Waals surface area contributed by atoms with Crippen LogP contribution in [0.4, 0.5) is 18.9 Å². The van der Waals surface area contributed by atoms with Crippen LogP contribution in [0.15, 0.2) is 42.6 Å². The molecule has 0 unspecified atom stereocenters. The van der Waals surface area contributed by atoms with Crippen LogP contribution in [-0.4, -0.2) is 203 Å². The lowest BCUT2D eigenvalue weighted by molar-refractivity contribution is -0.142. The molecule has 0 aromatic carbocycles. The molecule has 0 saturated carbocycles. The average Bonchev–Trinajstić information content (AvgIpc) is 3.36. The number of aliphatic carboxylic acids is 3. The molecule has 0 radical (unpaired) electrons. The molecule has 3 aromatic rings. The van der Waals surface area contributed by atoms with Gasteiger partial charge in [-0.05, 0) is 97.7 Å². The van der Waals surface area contributed by atoms with E-state index in [-0.39, 0.29) is 103 Å². The molecule has 4 rings (SSSR count). The highest BCUT2D eigenvalue weighted by Crippen LogP contribution is 2.35. The van der Waals surface area contributed by atoms with Gasteiger partial charge in [0.2, 0.25) is 17.7 Å². The minimum Gasteiger partial charge on any atom is -0.480 e. The van der Waals surface area contributed by atoms with Gasteiger partial charge >= 0.3 is 24.1 Å². The number of ether oxygens (including phenoxy) is 3. The summed E-state index contributed by atoms with van der Waals surface area (Å²) >= 11 is 0. The molecule has 2 amide bonds. The van der Waals surface area contributed by atoms with E-state index < -0.39 is 52.4 Å². The van der Waals surface area contributed by atoms with E-state index >= 15 is 0 Å². The smallest absolute Gasteiger partial charge is 0.434 e. The summed E-state index contributed by atoms with van der Waals surface area (Å²) < 4.78 is 60.0. The number of carbonyl (C=O) groups excluding carboxylic acids is 2. The van der Waals surface area contributed by atoms with Crippen molar-refractivity contribution in [1.82, 2.24) is 50.9 Å². The molecule has 0 bridgehead atoms. The second-order valence-electron chi connectivity index (χ2n) is 19.7. The molecule has 1 aliphatic rings. The zero-order chi connectivity index (χ0) is 56.8. The van der Waals surface area contributed by atoms with Gasteiger partial charge in [0.1, 0.15) is 0 Å². The fraction of sp³-hybridized carbons (Fsp3) is 0.615. The quantitative estimate of drug-likeness (QED) is 0.0414. The zero-order valence-electron chi connectivity index (χ0n) is 45.3. The Morgan fingerprint density at radius 1 is 0.766 bits per heavy atom. The molecule has 77 heavy (non-hydrogen) atoms. The van der Waals surface area contributed by atoms with Gasteiger partial charge in [0.05, 0.1) is 73.2 Å². The Labute approximate surface area is 448 Å². The number of amides is 2. The number of aromatic nitrogens is 3. The molecule has 428 valence electrons. The molecule has 0 aliphatic carbocycles. The third-order valence-electron chi connectivity index (χ3n) is 12.6. The van der Waals surface area contributed by atoms with Gasteiger partial charge in [0, 0.05) is 95.9 Å². The van der Waals surface area contributed by atoms with E-state index in [1.165, 1.54) is 11.0 Å². The number of carboxylic acids is 3. The van der Waals surface area contributed by atoms with E-state index in [2.05, 4.69) is 36.1 Å². The molecule has 7 N–H and O–H groups in total. The number of hydrogen-bond acceptors (Lipinski definition) is 17. The van der Waals surface area contributed by atoms with Gasteiger partial charge in [-0.15, -0.1) is 0 Å². The van der Waals surface area contributed by atoms with Crippen molar-refractivity contribution in [2.75, 3.05) is 116 Å². The maximum Gasteiger partial charge on any atom is 0.434 e. The fourth-order valence-electron chi connectivity index (χ4n) is 8.62. The number of rotatable bonds is 35. The summed E-state index contributed by atoms with van der Waals surface area (Å²) in [7, 11) is 0. The Bertz CT molecular complexity index is 2400. The van der Waals surface area contributed by atoms with Crippen molar-refractivity contribution in [3.05, 3.63) is 59.5 Å². The number of alkyl halides is 3. The van der Waals surface area contributed by atoms with Crippen molar-refractivity contribution in [1.29, 1.82) is 0 Å². The van der Waals surface area contributed by atoms with E-state index in [1.807, 2.05) is 59.7 Å². The number of pyridine rings is 3. The minimum absolute atomic E-state index is 0.0260. The summed E-state index contributed by atoms with van der Waals surface area (Å²) in [5, 5.41) is 39.9. The first-order chi connectivity index (χ1) is 36.4. The number of anilines is 1. The van der Waals surface area contributed by atoms with Crippen LogP contribution in [0.25, 0.3) is 11.3 Å². The summed E-state index contributed by atoms with van der Waals surface area (Å²) in [5.74, 6) is -3.96. The predicted octanol–water partition coefficient (Wildman–Crippen LogP) is 3.69. The number of hydrogen-bond donors (Lipinski definition) is 7. The molecule has 25 heteroatoms. The second-order valence-corrected chi connectivity index (χ2v) is 19.7. The first-order valence-corrected chi connectivity index (χ1v) is 26.0. The molecule has 0 spiro atoms. The molecule has 1 saturated heterocycles. The van der Waals surface area contributed by atoms with Crippen LogP contribution < -0.4 is 35.6 Å². The van der Waals surface area contributed by atoms with Crippen molar-refractivity contribution < 1.29 is 66.7 Å². The largest absolute Gasteiger partial charge is 0.480 e. The second kappa shape index (κ2) is 30.6. The number of carbonyl (C=O) groups is 5. The van der Waals surface area contributed by atoms with E-state index in [0.29, 0.717) is 74.9 Å². The number of halogens is 3. The number of piperazine rings is 1. The van der Waals surface area contributed by atoms with Crippen LogP contribution in [-0.2, 0) is 36.6 Å². The van der Waals surface area contributed by atoms with E-state index in [0.717, 1.165) is 11.8 Å². The summed E-state index contributed by atoms with van der Waals surface area (Å²) in [6, 6.07) is 9.70. The average molecular weight is 1090 g/mol. The fourth-order valence-corrected chi connectivity index (χ4v) is 8.62. The normalized spacial score (nSPS) is 14.3. The molecule has 1 fully saturated rings. The minimum atomic E-state index is -4.87. The van der Waals surface area contributed by atoms with Crippen LogP contribution in [0, 0.1) is 0 Å². The lowest BCUT2D eigenvalue weighted by Crippen LogP contribution is -2.55. The molecular weight excluding hydrogens is 1010 g/mol. The Balaban J connectivity index is 1.32. The lowest BCUT2D eigenvalue weighted by Gasteiger charge is -2.43. The van der Waals surface area contributed by atoms with Crippen LogP contribution in [0.3, 0.4) is 0 Å². The molecule has 22 nitrogen and oxygen atoms in total. The Morgan fingerprint density at radius 2 is 1.43 bits per heavy atom. The SMILES string of the molecule is CCOc1ccc(C(=O)N2CCN(c3ccc(-c4cccnc4OCC)nc3CNCCC(C)(C)OCCC(C)(C)NC(=O)CNCCN(CCN(CCNCC(=O)O)CC(=O)O)CC(=O)O)[C@H](CC)C2)c(C(F)(F)F)n1. The number of nitrogens with zero attached hydrogens (tertiary/aromatic N) is 7. The highest BCUT2D eigenvalue weighted by Gasteiger charge is 2.40. The summed E-state index contributed by atoms with van der Waals surface area (Å²) in [6.45, 7) is 16.3. The van der Waals surface area contributed by atoms with Crippen molar-refractivity contribution >= 4 is 35.4 Å². The maximum atomic E-state index is 14.2. The van der Waals surface area contributed by atoms with Crippen LogP contribution in [0.5, 0.6) is 11.8 Å². The first kappa shape index (κ1) is 63.3. The highest BCUT2D eigenvalue weighted by atomic mass is 19.4. The first-order valence-electron chi connectivity index (χ1n) is 26.0. The summed E-state index contributed by atoms with van der Waals surface area (Å²) in [5.41, 5.74) is -0.147. The van der Waals surface area contributed by atoms with Crippen molar-refractivity contribution in [2.45, 2.75) is 97.6 Å². The van der Waals surface area contributed by atoms with Gasteiger partial charge < -0.3 is 60.6 Å². The van der Waals surface area contributed by atoms with Crippen LogP contribution in [0.2, 0.25) is 0 Å². The van der Waals surface area contributed by atoms with Gasteiger partial charge in [0.15, 0.2) is 5.69 Å². The van der Waals surface area contributed by atoms with Gasteiger partial charge in [-0.2, -0.15) is 13.2 Å². The van der Waals surface area contributed by atoms with Gasteiger partial charge in [-0.25, -0.2) is 15.0 Å². The van der Waals surface area contributed by atoms with Crippen LogP contribution in [0.1, 0.15) is 89.5 Å². The third-order valence-corrected chi connectivity index (χ3v) is 12.6. The third kappa shape index (κ3) is 21.6. The summed E-state index contributed by atoms with van der Waals surface area (Å²) in [4.78, 5) is 80.5. The topological polar surface area (TPSA) is 273 Å². The van der Waals surface area contributed by atoms with Crippen molar-refractivity contribution in [2.24, 2.45) is 0 Å². The van der Waals surface area contributed by atoms with Crippen LogP contribution >= 0.6 is 0 Å². The number of nitrogens with one attached hydrogen (secondary N) is 4. The number of carboxylic acid groups (broad SMARTS) is 3. The Morgan fingerprint density at radius 3 is 2.04 bits per heavy atom. The Kier molecular flexibility index (Phi) is 25.2. The zero-order valence-corrected chi connectivity index (χ0v) is 45.3. The van der Waals surface area contributed by atoms with Gasteiger partial charge in [-0.1, -0.05) is 6.92 Å². The predicted molar refractivity (Wildman–Crippen MR) is 281 cm³/mol. The highest BCUT2D eigenvalue weighted by molar-refractivity contribution is 5.96. The standard InChI is InChI=1S/C52H78F3N11O11/c1-8-36-33-65(49(74)38-13-16-43(75-9-2)61-47(38)52(53,54)55)27-28-66(36)41-15-14-39(37-12-11-19-59-48(37)76-10-3)60-40(41)30-56-20-17-51(6,7)77-29-18-50(4,5)62-42(67)31-57-21-23-63(34-45(70)71)25-26-64(35-46(72)73)24-22-58-32-44(68)69/h11-16,19,36,56-58H,8-10,17-18,20-35H2,1-7H3,(H,62,67)(H,68,69)(H,70,71)(H,72,73)/t36-/m1/s1. The maximum absolute atomic E-state index is 14.2. The van der Waals surface area contributed by atoms with Gasteiger partial charge in [-0.3, -0.25) is 33.8 Å². The van der Waals surface area contributed by atoms with E-state index in [9.17, 15) is 47.4 Å². The molecule has 4 heterocycles. The molecule has 3 aromatic heterocycles. The molecular formula is C52H78F3N11O11. The van der Waals surface area contributed by atoms with Crippen molar-refractivity contribution in [3.63, 3.8) is 0 Å². The Hall–Kier alpha value is -6.25. The monoisotopic (exact) mass is 1090 g/mol. The van der Waals surface area contributed by atoms with Gasteiger partial charge in [0.25, 0.3) is 5.91 Å². The molecule has 1 atom stereocenters. The van der Waals surface area contributed by atoms with E-state index in [1.54, 1.807) is 29.0 Å². The molecule has 1 aliphatic heterocycles.